The van der Waals surface area contributed by atoms with Crippen molar-refractivity contribution in [1.29, 1.82) is 5.26 Å². The first-order chi connectivity index (χ1) is 8.18. The highest BCUT2D eigenvalue weighted by Gasteiger charge is 2.21. The Labute approximate surface area is 107 Å². The van der Waals surface area contributed by atoms with Gasteiger partial charge < -0.3 is 4.74 Å². The highest BCUT2D eigenvalue weighted by Crippen LogP contribution is 2.11. The van der Waals surface area contributed by atoms with Crippen LogP contribution in [0.25, 0.3) is 0 Å². The molecule has 3 nitrogen and oxygen atoms in total. The van der Waals surface area contributed by atoms with Crippen molar-refractivity contribution < 1.29 is 4.74 Å². The molecule has 0 aliphatic heterocycles. The average molecular weight is 240 g/mol. The molecule has 1 atom stereocenters. The van der Waals surface area contributed by atoms with E-state index < -0.39 is 0 Å². The van der Waals surface area contributed by atoms with Gasteiger partial charge >= 0.3 is 0 Å². The molecule has 3 heteroatoms. The maximum absolute atomic E-state index is 9.06. The Kier molecular flexibility index (Phi) is 10.2. The van der Waals surface area contributed by atoms with Crippen LogP contribution < -0.4 is 5.32 Å². The van der Waals surface area contributed by atoms with Crippen molar-refractivity contribution in [1.82, 2.24) is 5.32 Å². The number of unbranched alkanes of at least 4 members (excludes halogenated alkanes) is 3. The molecule has 0 aromatic carbocycles. The van der Waals surface area contributed by atoms with Crippen LogP contribution >= 0.6 is 0 Å². The molecule has 0 aliphatic rings. The fraction of sp³-hybridized carbons (Fsp3) is 0.929. The van der Waals surface area contributed by atoms with Crippen LogP contribution in [0.3, 0.4) is 0 Å². The Morgan fingerprint density at radius 3 is 2.41 bits per heavy atom. The van der Waals surface area contributed by atoms with E-state index in [1.54, 1.807) is 0 Å². The lowest BCUT2D eigenvalue weighted by Crippen LogP contribution is -2.40. The zero-order valence-electron chi connectivity index (χ0n) is 11.7. The molecule has 0 aromatic rings. The average Bonchev–Trinajstić information content (AvgIpc) is 2.33. The highest BCUT2D eigenvalue weighted by atomic mass is 16.5. The predicted molar refractivity (Wildman–Crippen MR) is 71.9 cm³/mol. The molecule has 0 bridgehead atoms. The fourth-order valence-corrected chi connectivity index (χ4v) is 1.83. The summed E-state index contributed by atoms with van der Waals surface area (Å²) in [5, 5.41) is 12.3. The van der Waals surface area contributed by atoms with Gasteiger partial charge in [-0.15, -0.1) is 0 Å². The summed E-state index contributed by atoms with van der Waals surface area (Å²) in [7, 11) is 0. The summed E-state index contributed by atoms with van der Waals surface area (Å²) < 4.78 is 5.56. The molecule has 0 heterocycles. The molecule has 1 unspecified atom stereocenters. The van der Waals surface area contributed by atoms with Gasteiger partial charge in [-0.25, -0.2) is 0 Å². The SMILES string of the molecule is CCCCCCOCCCC(C)(C#N)NCC. The Morgan fingerprint density at radius 1 is 1.12 bits per heavy atom. The Morgan fingerprint density at radius 2 is 1.82 bits per heavy atom. The quantitative estimate of drug-likeness (QED) is 0.564. The van der Waals surface area contributed by atoms with E-state index in [-0.39, 0.29) is 5.54 Å². The van der Waals surface area contributed by atoms with E-state index in [1.807, 2.05) is 13.8 Å². The largest absolute Gasteiger partial charge is 0.381 e. The van der Waals surface area contributed by atoms with Crippen molar-refractivity contribution in [2.24, 2.45) is 0 Å². The monoisotopic (exact) mass is 240 g/mol. The van der Waals surface area contributed by atoms with E-state index >= 15 is 0 Å². The zero-order chi connectivity index (χ0) is 13.0. The van der Waals surface area contributed by atoms with Gasteiger partial charge in [0.1, 0.15) is 5.54 Å². The van der Waals surface area contributed by atoms with E-state index in [2.05, 4.69) is 18.3 Å². The number of nitrogens with zero attached hydrogens (tertiary/aromatic N) is 1. The van der Waals surface area contributed by atoms with Crippen LogP contribution in [0.15, 0.2) is 0 Å². The molecule has 0 rings (SSSR count). The minimum Gasteiger partial charge on any atom is -0.381 e. The van der Waals surface area contributed by atoms with Crippen molar-refractivity contribution in [3.8, 4) is 6.07 Å². The Balaban J connectivity index is 3.41. The van der Waals surface area contributed by atoms with E-state index in [0.29, 0.717) is 0 Å². The van der Waals surface area contributed by atoms with Gasteiger partial charge in [0.2, 0.25) is 0 Å². The summed E-state index contributed by atoms with van der Waals surface area (Å²) in [5.41, 5.74) is -0.389. The third-order valence-corrected chi connectivity index (χ3v) is 2.92. The van der Waals surface area contributed by atoms with Gasteiger partial charge in [0, 0.05) is 13.2 Å². The lowest BCUT2D eigenvalue weighted by Gasteiger charge is -2.22. The lowest BCUT2D eigenvalue weighted by atomic mass is 9.98. The molecule has 0 aromatic heterocycles. The molecule has 100 valence electrons. The van der Waals surface area contributed by atoms with Gasteiger partial charge in [-0.3, -0.25) is 5.32 Å². The number of nitrogens with one attached hydrogen (secondary N) is 1. The van der Waals surface area contributed by atoms with Gasteiger partial charge in [0.15, 0.2) is 0 Å². The molecule has 0 saturated heterocycles. The number of ether oxygens (including phenoxy) is 1. The topological polar surface area (TPSA) is 45.0 Å². The van der Waals surface area contributed by atoms with Crippen LogP contribution in [-0.4, -0.2) is 25.3 Å². The maximum Gasteiger partial charge on any atom is 0.104 e. The standard InChI is InChI=1S/C14H28N2O/c1-4-6-7-8-11-17-12-9-10-14(3,13-15)16-5-2/h16H,4-12H2,1-3H3. The molecule has 0 aliphatic carbocycles. The number of hydrogen-bond donors (Lipinski definition) is 1. The Bertz CT molecular complexity index is 213. The van der Waals surface area contributed by atoms with E-state index in [9.17, 15) is 0 Å². The van der Waals surface area contributed by atoms with E-state index in [1.165, 1.54) is 19.3 Å². The van der Waals surface area contributed by atoms with Crippen molar-refractivity contribution in [3.05, 3.63) is 0 Å². The van der Waals surface area contributed by atoms with Crippen LogP contribution in [0.1, 0.15) is 59.3 Å². The van der Waals surface area contributed by atoms with Crippen molar-refractivity contribution in [2.75, 3.05) is 19.8 Å². The van der Waals surface area contributed by atoms with Crippen LogP contribution in [0, 0.1) is 11.3 Å². The van der Waals surface area contributed by atoms with Crippen molar-refractivity contribution in [2.45, 2.75) is 64.8 Å². The Hall–Kier alpha value is -0.590. The van der Waals surface area contributed by atoms with E-state index in [0.717, 1.165) is 39.0 Å². The third-order valence-electron chi connectivity index (χ3n) is 2.92. The van der Waals surface area contributed by atoms with Gasteiger partial charge in [-0.2, -0.15) is 5.26 Å². The fourth-order valence-electron chi connectivity index (χ4n) is 1.83. The summed E-state index contributed by atoms with van der Waals surface area (Å²) in [6, 6.07) is 2.33. The minimum absolute atomic E-state index is 0.389. The summed E-state index contributed by atoms with van der Waals surface area (Å²) in [4.78, 5) is 0. The minimum atomic E-state index is -0.389. The first-order valence-corrected chi connectivity index (χ1v) is 6.92. The lowest BCUT2D eigenvalue weighted by molar-refractivity contribution is 0.122. The smallest absolute Gasteiger partial charge is 0.104 e. The molecule has 0 fully saturated rings. The summed E-state index contributed by atoms with van der Waals surface area (Å²) in [6.07, 6.45) is 6.80. The molecular weight excluding hydrogens is 212 g/mol. The van der Waals surface area contributed by atoms with Gasteiger partial charge in [-0.1, -0.05) is 33.1 Å². The van der Waals surface area contributed by atoms with Gasteiger partial charge in [0.25, 0.3) is 0 Å². The first kappa shape index (κ1) is 16.4. The number of rotatable bonds is 11. The second-order valence-electron chi connectivity index (χ2n) is 4.75. The van der Waals surface area contributed by atoms with Crippen molar-refractivity contribution >= 4 is 0 Å². The molecule has 1 N–H and O–H groups in total. The van der Waals surface area contributed by atoms with Crippen LogP contribution in [0.2, 0.25) is 0 Å². The van der Waals surface area contributed by atoms with Gasteiger partial charge in [-0.05, 0) is 32.7 Å². The third kappa shape index (κ3) is 9.14. The van der Waals surface area contributed by atoms with Crippen LogP contribution in [-0.2, 0) is 4.74 Å². The van der Waals surface area contributed by atoms with Gasteiger partial charge in [0.05, 0.1) is 6.07 Å². The van der Waals surface area contributed by atoms with Crippen LogP contribution in [0.5, 0.6) is 0 Å². The molecular formula is C14H28N2O. The molecule has 0 amide bonds. The molecule has 0 spiro atoms. The number of hydrogen-bond acceptors (Lipinski definition) is 3. The highest BCUT2D eigenvalue weighted by molar-refractivity contribution is 5.03. The van der Waals surface area contributed by atoms with E-state index in [4.69, 9.17) is 10.00 Å². The number of nitriles is 1. The van der Waals surface area contributed by atoms with Crippen molar-refractivity contribution in [3.63, 3.8) is 0 Å². The summed E-state index contributed by atoms with van der Waals surface area (Å²) >= 11 is 0. The normalized spacial score (nSPS) is 14.2. The second kappa shape index (κ2) is 10.6. The molecule has 0 radical (unpaired) electrons. The maximum atomic E-state index is 9.06. The van der Waals surface area contributed by atoms with Crippen LogP contribution in [0.4, 0.5) is 0 Å². The second-order valence-corrected chi connectivity index (χ2v) is 4.75. The predicted octanol–water partition coefficient (Wildman–Crippen LogP) is 3.26. The summed E-state index contributed by atoms with van der Waals surface area (Å²) in [5.74, 6) is 0. The zero-order valence-corrected chi connectivity index (χ0v) is 11.7. The first-order valence-electron chi connectivity index (χ1n) is 6.92. The summed E-state index contributed by atoms with van der Waals surface area (Å²) in [6.45, 7) is 8.67. The molecule has 17 heavy (non-hydrogen) atoms. The molecule has 0 saturated carbocycles.